The molecule has 3 aromatic rings. The Balaban J connectivity index is 1.66. The highest BCUT2D eigenvalue weighted by Gasteiger charge is 2.26. The second-order valence-corrected chi connectivity index (χ2v) is 9.85. The lowest BCUT2D eigenvalue weighted by Crippen LogP contribution is -2.43. The zero-order valence-corrected chi connectivity index (χ0v) is 18.6. The molecule has 1 aromatic carbocycles. The molecule has 0 saturated carbocycles. The van der Waals surface area contributed by atoms with Crippen molar-refractivity contribution in [1.82, 2.24) is 14.5 Å². The Morgan fingerprint density at radius 1 is 1.21 bits per heavy atom. The van der Waals surface area contributed by atoms with Crippen molar-refractivity contribution in [2.24, 2.45) is 11.8 Å². The van der Waals surface area contributed by atoms with E-state index in [0.29, 0.717) is 27.2 Å². The van der Waals surface area contributed by atoms with Gasteiger partial charge in [0.1, 0.15) is 4.70 Å². The summed E-state index contributed by atoms with van der Waals surface area (Å²) in [5, 5.41) is 2.46. The predicted octanol–water partition coefficient (Wildman–Crippen LogP) is 4.35. The molecule has 0 bridgehead atoms. The van der Waals surface area contributed by atoms with Gasteiger partial charge in [0.15, 0.2) is 5.16 Å². The Hall–Kier alpha value is -2.12. The summed E-state index contributed by atoms with van der Waals surface area (Å²) in [6, 6.07) is 9.65. The van der Waals surface area contributed by atoms with Crippen molar-refractivity contribution in [2.45, 2.75) is 32.3 Å². The molecule has 0 aliphatic carbocycles. The van der Waals surface area contributed by atoms with E-state index in [2.05, 4.69) is 13.8 Å². The number of piperidine rings is 1. The van der Waals surface area contributed by atoms with Crippen LogP contribution in [0.1, 0.15) is 25.8 Å². The molecule has 4 rings (SSSR count). The highest BCUT2D eigenvalue weighted by atomic mass is 32.2. The molecule has 7 heteroatoms. The lowest BCUT2D eigenvalue weighted by atomic mass is 9.92. The molecule has 29 heavy (non-hydrogen) atoms. The van der Waals surface area contributed by atoms with Crippen LogP contribution in [0.3, 0.4) is 0 Å². The standard InChI is InChI=1S/C22H25N3O2S2/c1-14-10-15(2)12-24(11-14)19(26)13-29-22-23-17-8-9-28-20(17)21(27)25(22)18-7-5-4-6-16(18)3/h4-9,14-15H,10-13H2,1-3H3/t14-,15-/m1/s1. The summed E-state index contributed by atoms with van der Waals surface area (Å²) in [6.45, 7) is 8.00. The Morgan fingerprint density at radius 2 is 1.93 bits per heavy atom. The fraction of sp³-hybridized carbons (Fsp3) is 0.409. The van der Waals surface area contributed by atoms with Crippen molar-refractivity contribution in [3.05, 3.63) is 51.6 Å². The number of para-hydroxylation sites is 1. The smallest absolute Gasteiger partial charge is 0.276 e. The first-order valence-electron chi connectivity index (χ1n) is 9.91. The van der Waals surface area contributed by atoms with Gasteiger partial charge in [0.05, 0.1) is 17.0 Å². The fourth-order valence-electron chi connectivity index (χ4n) is 4.10. The summed E-state index contributed by atoms with van der Waals surface area (Å²) in [5.74, 6) is 1.45. The minimum Gasteiger partial charge on any atom is -0.341 e. The summed E-state index contributed by atoms with van der Waals surface area (Å²) in [7, 11) is 0. The Labute approximate surface area is 178 Å². The van der Waals surface area contributed by atoms with Crippen molar-refractivity contribution in [3.8, 4) is 5.69 Å². The van der Waals surface area contributed by atoms with Crippen molar-refractivity contribution < 1.29 is 4.79 Å². The lowest BCUT2D eigenvalue weighted by Gasteiger charge is -2.35. The van der Waals surface area contributed by atoms with Crippen LogP contribution in [0.25, 0.3) is 15.9 Å². The van der Waals surface area contributed by atoms with Gasteiger partial charge in [-0.1, -0.05) is 43.8 Å². The van der Waals surface area contributed by atoms with E-state index < -0.39 is 0 Å². The average molecular weight is 428 g/mol. The second-order valence-electron chi connectivity index (χ2n) is 7.99. The van der Waals surface area contributed by atoms with Crippen LogP contribution < -0.4 is 5.56 Å². The van der Waals surface area contributed by atoms with E-state index >= 15 is 0 Å². The maximum atomic E-state index is 13.2. The van der Waals surface area contributed by atoms with Crippen LogP contribution >= 0.6 is 23.1 Å². The van der Waals surface area contributed by atoms with Gasteiger partial charge in [-0.2, -0.15) is 0 Å². The first-order chi connectivity index (χ1) is 13.9. The molecule has 0 N–H and O–H groups in total. The molecule has 2 aromatic heterocycles. The molecule has 1 fully saturated rings. The molecule has 0 spiro atoms. The molecule has 5 nitrogen and oxygen atoms in total. The van der Waals surface area contributed by atoms with Gasteiger partial charge >= 0.3 is 0 Å². The zero-order chi connectivity index (χ0) is 20.5. The minimum atomic E-state index is -0.0746. The molecule has 1 aliphatic rings. The first kappa shape index (κ1) is 20.2. The van der Waals surface area contributed by atoms with E-state index in [1.165, 1.54) is 29.5 Å². The van der Waals surface area contributed by atoms with E-state index in [4.69, 9.17) is 4.98 Å². The molecule has 1 amide bonds. The van der Waals surface area contributed by atoms with Gasteiger partial charge in [-0.05, 0) is 48.3 Å². The van der Waals surface area contributed by atoms with Gasteiger partial charge in [-0.3, -0.25) is 14.2 Å². The minimum absolute atomic E-state index is 0.0746. The molecule has 3 heterocycles. The predicted molar refractivity (Wildman–Crippen MR) is 120 cm³/mol. The van der Waals surface area contributed by atoms with E-state index in [1.807, 2.05) is 47.5 Å². The monoisotopic (exact) mass is 427 g/mol. The van der Waals surface area contributed by atoms with Gasteiger partial charge in [0.25, 0.3) is 5.56 Å². The van der Waals surface area contributed by atoms with Crippen LogP contribution in [0.4, 0.5) is 0 Å². The molecular formula is C22H25N3O2S2. The third-order valence-electron chi connectivity index (χ3n) is 5.35. The molecule has 152 valence electrons. The van der Waals surface area contributed by atoms with Crippen molar-refractivity contribution in [1.29, 1.82) is 0 Å². The largest absolute Gasteiger partial charge is 0.341 e. The number of carbonyl (C=O) groups is 1. The molecule has 0 unspecified atom stereocenters. The number of thioether (sulfide) groups is 1. The number of amides is 1. The highest BCUT2D eigenvalue weighted by Crippen LogP contribution is 2.26. The van der Waals surface area contributed by atoms with E-state index in [-0.39, 0.29) is 17.2 Å². The topological polar surface area (TPSA) is 55.2 Å². The number of likely N-dealkylation sites (tertiary alicyclic amines) is 1. The van der Waals surface area contributed by atoms with Gasteiger partial charge in [0.2, 0.25) is 5.91 Å². The number of carbonyl (C=O) groups excluding carboxylic acids is 1. The van der Waals surface area contributed by atoms with Crippen LogP contribution in [0, 0.1) is 18.8 Å². The summed E-state index contributed by atoms with van der Waals surface area (Å²) < 4.78 is 2.30. The Kier molecular flexibility index (Phi) is 5.79. The number of thiophene rings is 1. The van der Waals surface area contributed by atoms with Gasteiger partial charge in [0, 0.05) is 13.1 Å². The maximum Gasteiger partial charge on any atom is 0.276 e. The molecule has 2 atom stereocenters. The molecular weight excluding hydrogens is 402 g/mol. The summed E-state index contributed by atoms with van der Waals surface area (Å²) in [6.07, 6.45) is 1.17. The van der Waals surface area contributed by atoms with Gasteiger partial charge in [-0.15, -0.1) is 11.3 Å². The van der Waals surface area contributed by atoms with Crippen molar-refractivity contribution in [2.75, 3.05) is 18.8 Å². The van der Waals surface area contributed by atoms with Gasteiger partial charge < -0.3 is 4.90 Å². The number of rotatable bonds is 4. The summed E-state index contributed by atoms with van der Waals surface area (Å²) >= 11 is 2.76. The van der Waals surface area contributed by atoms with E-state index in [1.54, 1.807) is 4.57 Å². The molecule has 1 saturated heterocycles. The summed E-state index contributed by atoms with van der Waals surface area (Å²) in [4.78, 5) is 32.8. The van der Waals surface area contributed by atoms with Crippen LogP contribution in [0.15, 0.2) is 45.7 Å². The lowest BCUT2D eigenvalue weighted by molar-refractivity contribution is -0.130. The summed E-state index contributed by atoms with van der Waals surface area (Å²) in [5.41, 5.74) is 2.43. The van der Waals surface area contributed by atoms with Crippen molar-refractivity contribution in [3.63, 3.8) is 0 Å². The second kappa shape index (κ2) is 8.32. The number of aromatic nitrogens is 2. The third-order valence-corrected chi connectivity index (χ3v) is 7.17. The number of hydrogen-bond acceptors (Lipinski definition) is 5. The van der Waals surface area contributed by atoms with E-state index in [0.717, 1.165) is 24.3 Å². The molecule has 0 radical (unpaired) electrons. The van der Waals surface area contributed by atoms with Crippen molar-refractivity contribution >= 4 is 39.2 Å². The van der Waals surface area contributed by atoms with Crippen LogP contribution in [-0.2, 0) is 4.79 Å². The van der Waals surface area contributed by atoms with Crippen LogP contribution in [0.2, 0.25) is 0 Å². The Bertz CT molecular complexity index is 1090. The number of benzene rings is 1. The normalized spacial score (nSPS) is 19.6. The zero-order valence-electron chi connectivity index (χ0n) is 16.9. The third kappa shape index (κ3) is 4.12. The Morgan fingerprint density at radius 3 is 2.66 bits per heavy atom. The number of fused-ring (bicyclic) bond motifs is 1. The quantitative estimate of drug-likeness (QED) is 0.459. The molecule has 1 aliphatic heterocycles. The highest BCUT2D eigenvalue weighted by molar-refractivity contribution is 7.99. The number of aryl methyl sites for hydroxylation is 1. The van der Waals surface area contributed by atoms with Crippen LogP contribution in [0.5, 0.6) is 0 Å². The fourth-order valence-corrected chi connectivity index (χ4v) is 5.77. The maximum absolute atomic E-state index is 13.2. The number of nitrogens with zero attached hydrogens (tertiary/aromatic N) is 3. The van der Waals surface area contributed by atoms with E-state index in [9.17, 15) is 9.59 Å². The van der Waals surface area contributed by atoms with Crippen LogP contribution in [-0.4, -0.2) is 39.2 Å². The number of hydrogen-bond donors (Lipinski definition) is 0. The first-order valence-corrected chi connectivity index (χ1v) is 11.8. The van der Waals surface area contributed by atoms with Gasteiger partial charge in [-0.25, -0.2) is 4.98 Å². The SMILES string of the molecule is Cc1ccccc1-n1c(SCC(=O)N2C[C@H](C)C[C@@H](C)C2)nc2ccsc2c1=O. The average Bonchev–Trinajstić information content (AvgIpc) is 3.15.